The standard InChI is InChI=1S/C25H21NO2/c1-26-17-22(20-13-7-3-8-14-20)23(24(26)21-15-9-4-10-16-21)25(27)28-18-19-11-5-2-6-12-19/h2-17H,18H2,1H3. The van der Waals surface area contributed by atoms with Crippen molar-refractivity contribution in [3.63, 3.8) is 0 Å². The van der Waals surface area contributed by atoms with Gasteiger partial charge in [0.2, 0.25) is 0 Å². The molecule has 138 valence electrons. The highest BCUT2D eigenvalue weighted by atomic mass is 16.5. The zero-order valence-corrected chi connectivity index (χ0v) is 15.7. The molecule has 0 saturated carbocycles. The van der Waals surface area contributed by atoms with Crippen LogP contribution in [0.15, 0.2) is 97.2 Å². The van der Waals surface area contributed by atoms with Crippen molar-refractivity contribution < 1.29 is 9.53 Å². The van der Waals surface area contributed by atoms with E-state index in [9.17, 15) is 4.79 Å². The maximum Gasteiger partial charge on any atom is 0.341 e. The van der Waals surface area contributed by atoms with Gasteiger partial charge < -0.3 is 9.30 Å². The quantitative estimate of drug-likeness (QED) is 0.423. The number of ether oxygens (including phenoxy) is 1. The normalized spacial score (nSPS) is 10.6. The summed E-state index contributed by atoms with van der Waals surface area (Å²) in [7, 11) is 1.96. The lowest BCUT2D eigenvalue weighted by Crippen LogP contribution is -2.08. The first-order valence-electron chi connectivity index (χ1n) is 9.25. The highest BCUT2D eigenvalue weighted by Gasteiger charge is 2.24. The molecule has 4 rings (SSSR count). The number of rotatable bonds is 5. The van der Waals surface area contributed by atoms with Gasteiger partial charge in [-0.3, -0.25) is 0 Å². The van der Waals surface area contributed by atoms with E-state index in [1.54, 1.807) is 0 Å². The Labute approximate surface area is 164 Å². The van der Waals surface area contributed by atoms with E-state index in [4.69, 9.17) is 4.74 Å². The van der Waals surface area contributed by atoms with Crippen LogP contribution in [0.1, 0.15) is 15.9 Å². The molecule has 0 fully saturated rings. The number of benzene rings is 3. The van der Waals surface area contributed by atoms with Crippen LogP contribution < -0.4 is 0 Å². The predicted molar refractivity (Wildman–Crippen MR) is 112 cm³/mol. The highest BCUT2D eigenvalue weighted by Crippen LogP contribution is 2.34. The fraction of sp³-hybridized carbons (Fsp3) is 0.0800. The Morgan fingerprint density at radius 3 is 1.93 bits per heavy atom. The Hall–Kier alpha value is -3.59. The fourth-order valence-electron chi connectivity index (χ4n) is 3.41. The summed E-state index contributed by atoms with van der Waals surface area (Å²) in [5.74, 6) is -0.317. The van der Waals surface area contributed by atoms with Gasteiger partial charge in [-0.15, -0.1) is 0 Å². The second-order valence-electron chi connectivity index (χ2n) is 6.67. The van der Waals surface area contributed by atoms with E-state index in [1.165, 1.54) is 0 Å². The lowest BCUT2D eigenvalue weighted by atomic mass is 10.00. The van der Waals surface area contributed by atoms with Crippen molar-refractivity contribution in [3.05, 3.63) is 108 Å². The lowest BCUT2D eigenvalue weighted by molar-refractivity contribution is 0.0474. The van der Waals surface area contributed by atoms with Crippen molar-refractivity contribution in [2.75, 3.05) is 0 Å². The number of carbonyl (C=O) groups is 1. The minimum atomic E-state index is -0.317. The van der Waals surface area contributed by atoms with E-state index in [1.807, 2.05) is 109 Å². The molecule has 28 heavy (non-hydrogen) atoms. The van der Waals surface area contributed by atoms with E-state index in [-0.39, 0.29) is 12.6 Å². The van der Waals surface area contributed by atoms with Crippen molar-refractivity contribution in [1.29, 1.82) is 0 Å². The Balaban J connectivity index is 1.77. The van der Waals surface area contributed by atoms with Gasteiger partial charge in [0.1, 0.15) is 6.61 Å². The molecule has 0 aliphatic carbocycles. The van der Waals surface area contributed by atoms with E-state index in [2.05, 4.69) is 0 Å². The lowest BCUT2D eigenvalue weighted by Gasteiger charge is -2.10. The molecule has 0 spiro atoms. The van der Waals surface area contributed by atoms with Crippen molar-refractivity contribution in [3.8, 4) is 22.4 Å². The van der Waals surface area contributed by atoms with Crippen LogP contribution in [0, 0.1) is 0 Å². The second-order valence-corrected chi connectivity index (χ2v) is 6.67. The minimum Gasteiger partial charge on any atom is -0.457 e. The van der Waals surface area contributed by atoms with Crippen LogP contribution in [0.25, 0.3) is 22.4 Å². The van der Waals surface area contributed by atoms with Gasteiger partial charge in [-0.1, -0.05) is 91.0 Å². The Morgan fingerprint density at radius 2 is 1.32 bits per heavy atom. The van der Waals surface area contributed by atoms with Crippen LogP contribution >= 0.6 is 0 Å². The van der Waals surface area contributed by atoms with Crippen LogP contribution in [0.2, 0.25) is 0 Å². The average molecular weight is 367 g/mol. The van der Waals surface area contributed by atoms with Crippen molar-refractivity contribution in [1.82, 2.24) is 4.57 Å². The molecule has 3 nitrogen and oxygen atoms in total. The molecule has 3 aromatic carbocycles. The van der Waals surface area contributed by atoms with Gasteiger partial charge in [-0.25, -0.2) is 4.79 Å². The van der Waals surface area contributed by atoms with Crippen LogP contribution in [-0.2, 0) is 18.4 Å². The molecule has 0 bridgehead atoms. The molecule has 0 atom stereocenters. The number of aryl methyl sites for hydroxylation is 1. The second kappa shape index (κ2) is 7.97. The van der Waals surface area contributed by atoms with Crippen LogP contribution in [0.3, 0.4) is 0 Å². The minimum absolute atomic E-state index is 0.247. The predicted octanol–water partition coefficient (Wildman–Crippen LogP) is 5.72. The third kappa shape index (κ3) is 3.60. The first-order chi connectivity index (χ1) is 13.7. The Morgan fingerprint density at radius 1 is 0.786 bits per heavy atom. The van der Waals surface area contributed by atoms with Gasteiger partial charge in [0.25, 0.3) is 0 Å². The van der Waals surface area contributed by atoms with Crippen molar-refractivity contribution in [2.45, 2.75) is 6.61 Å². The molecule has 3 heteroatoms. The van der Waals surface area contributed by atoms with E-state index in [0.717, 1.165) is 27.9 Å². The number of esters is 1. The van der Waals surface area contributed by atoms with Gasteiger partial charge >= 0.3 is 5.97 Å². The zero-order chi connectivity index (χ0) is 19.3. The summed E-state index contributed by atoms with van der Waals surface area (Å²) in [6, 6.07) is 29.6. The van der Waals surface area contributed by atoms with E-state index in [0.29, 0.717) is 5.56 Å². The SMILES string of the molecule is Cn1cc(-c2ccccc2)c(C(=O)OCc2ccccc2)c1-c1ccccc1. The van der Waals surface area contributed by atoms with Gasteiger partial charge in [0.05, 0.1) is 11.3 Å². The first-order valence-corrected chi connectivity index (χ1v) is 9.25. The molecule has 0 amide bonds. The smallest absolute Gasteiger partial charge is 0.341 e. The molecular weight excluding hydrogens is 346 g/mol. The van der Waals surface area contributed by atoms with Crippen LogP contribution in [-0.4, -0.2) is 10.5 Å². The summed E-state index contributed by atoms with van der Waals surface area (Å²) in [6.45, 7) is 0.247. The number of hydrogen-bond donors (Lipinski definition) is 0. The summed E-state index contributed by atoms with van der Waals surface area (Å²) < 4.78 is 7.70. The largest absolute Gasteiger partial charge is 0.457 e. The number of nitrogens with zero attached hydrogens (tertiary/aromatic N) is 1. The summed E-state index contributed by atoms with van der Waals surface area (Å²) in [6.07, 6.45) is 2.00. The molecule has 0 radical (unpaired) electrons. The van der Waals surface area contributed by atoms with E-state index < -0.39 is 0 Å². The van der Waals surface area contributed by atoms with Gasteiger partial charge in [-0.05, 0) is 16.7 Å². The molecule has 4 aromatic rings. The summed E-state index contributed by atoms with van der Waals surface area (Å²) in [5.41, 5.74) is 5.27. The van der Waals surface area contributed by atoms with Crippen LogP contribution in [0.4, 0.5) is 0 Å². The van der Waals surface area contributed by atoms with Gasteiger partial charge in [0, 0.05) is 18.8 Å². The van der Waals surface area contributed by atoms with Crippen LogP contribution in [0.5, 0.6) is 0 Å². The Bertz CT molecular complexity index is 1070. The van der Waals surface area contributed by atoms with Gasteiger partial charge in [0.15, 0.2) is 0 Å². The Kier molecular flexibility index (Phi) is 5.07. The third-order valence-corrected chi connectivity index (χ3v) is 4.73. The summed E-state index contributed by atoms with van der Waals surface area (Å²) >= 11 is 0. The zero-order valence-electron chi connectivity index (χ0n) is 15.7. The topological polar surface area (TPSA) is 31.2 Å². The molecule has 0 unspecified atom stereocenters. The molecule has 0 N–H and O–H groups in total. The highest BCUT2D eigenvalue weighted by molar-refractivity contribution is 6.03. The summed E-state index contributed by atoms with van der Waals surface area (Å²) in [5, 5.41) is 0. The van der Waals surface area contributed by atoms with Crippen molar-refractivity contribution >= 4 is 5.97 Å². The maximum atomic E-state index is 13.2. The average Bonchev–Trinajstić information content (AvgIpc) is 3.11. The van der Waals surface area contributed by atoms with Gasteiger partial charge in [-0.2, -0.15) is 0 Å². The monoisotopic (exact) mass is 367 g/mol. The van der Waals surface area contributed by atoms with E-state index >= 15 is 0 Å². The number of aromatic nitrogens is 1. The summed E-state index contributed by atoms with van der Waals surface area (Å²) in [4.78, 5) is 13.2. The number of hydrogen-bond acceptors (Lipinski definition) is 2. The fourth-order valence-corrected chi connectivity index (χ4v) is 3.41. The molecule has 0 aliphatic heterocycles. The first kappa shape index (κ1) is 17.8. The molecule has 0 saturated heterocycles. The number of carbonyl (C=O) groups excluding carboxylic acids is 1. The molecule has 0 aliphatic rings. The third-order valence-electron chi connectivity index (χ3n) is 4.73. The molecular formula is C25H21NO2. The maximum absolute atomic E-state index is 13.2. The van der Waals surface area contributed by atoms with Crippen molar-refractivity contribution in [2.24, 2.45) is 7.05 Å². The molecule has 1 heterocycles. The molecule has 1 aromatic heterocycles.